The second-order valence-electron chi connectivity index (χ2n) is 6.09. The molecule has 0 unspecified atom stereocenters. The van der Waals surface area contributed by atoms with Gasteiger partial charge in [0.1, 0.15) is 0 Å². The zero-order valence-electron chi connectivity index (χ0n) is 14.3. The van der Waals surface area contributed by atoms with Crippen molar-refractivity contribution >= 4 is 15.9 Å². The second-order valence-corrected chi connectivity index (χ2v) is 8.03. The summed E-state index contributed by atoms with van der Waals surface area (Å²) in [6.07, 6.45) is 4.09. The first kappa shape index (κ1) is 18.9. The molecule has 0 aromatic heterocycles. The van der Waals surface area contributed by atoms with Crippen LogP contribution < -0.4 is 10.6 Å². The molecule has 2 N–H and O–H groups in total. The molecule has 6 nitrogen and oxygen atoms in total. The monoisotopic (exact) mass is 353 g/mol. The van der Waals surface area contributed by atoms with Crippen LogP contribution in [0.5, 0.6) is 0 Å². The average Bonchev–Trinajstić information content (AvgIpc) is 2.60. The predicted molar refractivity (Wildman–Crippen MR) is 94.3 cm³/mol. The van der Waals surface area contributed by atoms with E-state index in [1.807, 2.05) is 7.05 Å². The lowest BCUT2D eigenvalue weighted by Crippen LogP contribution is -2.35. The Kier molecular flexibility index (Phi) is 7.20. The zero-order chi connectivity index (χ0) is 17.4. The molecule has 7 heteroatoms. The highest BCUT2D eigenvalue weighted by Gasteiger charge is 2.25. The van der Waals surface area contributed by atoms with E-state index >= 15 is 0 Å². The number of nitrogens with one attached hydrogen (secondary N) is 2. The van der Waals surface area contributed by atoms with Gasteiger partial charge in [0.2, 0.25) is 15.9 Å². The number of sulfonamides is 1. The number of benzene rings is 1. The number of rotatable bonds is 8. The van der Waals surface area contributed by atoms with Crippen LogP contribution in [0.1, 0.15) is 31.2 Å². The molecule has 0 bridgehead atoms. The molecule has 1 aromatic rings. The first-order valence-corrected chi connectivity index (χ1v) is 9.98. The van der Waals surface area contributed by atoms with E-state index in [0.717, 1.165) is 37.8 Å². The van der Waals surface area contributed by atoms with Crippen molar-refractivity contribution in [2.45, 2.75) is 37.0 Å². The first-order valence-electron chi connectivity index (χ1n) is 8.54. The van der Waals surface area contributed by atoms with Crippen LogP contribution in [0.25, 0.3) is 0 Å². The van der Waals surface area contributed by atoms with Crippen molar-refractivity contribution in [1.82, 2.24) is 14.9 Å². The summed E-state index contributed by atoms with van der Waals surface area (Å²) in [6.45, 7) is 2.70. The Morgan fingerprint density at radius 3 is 2.38 bits per heavy atom. The van der Waals surface area contributed by atoms with Crippen LogP contribution in [-0.2, 0) is 21.2 Å². The normalized spacial score (nSPS) is 16.0. The van der Waals surface area contributed by atoms with Gasteiger partial charge in [0, 0.05) is 19.6 Å². The van der Waals surface area contributed by atoms with Gasteiger partial charge in [0.05, 0.1) is 11.3 Å². The fourth-order valence-corrected chi connectivity index (χ4v) is 4.29. The van der Waals surface area contributed by atoms with Gasteiger partial charge in [-0.25, -0.2) is 8.42 Å². The first-order chi connectivity index (χ1) is 11.5. The zero-order valence-corrected chi connectivity index (χ0v) is 15.1. The third-order valence-corrected chi connectivity index (χ3v) is 6.08. The Balaban J connectivity index is 1.91. The van der Waals surface area contributed by atoms with Crippen LogP contribution in [0.15, 0.2) is 29.2 Å². The van der Waals surface area contributed by atoms with Crippen LogP contribution in [0.3, 0.4) is 0 Å². The number of carbonyl (C=O) groups is 1. The Hall–Kier alpha value is -1.44. The standard InChI is InChI=1S/C17H27N3O3S/c1-18-10-5-11-19-17(21)14-15-6-8-16(9-7-15)24(22,23)20-12-3-2-4-13-20/h6-9,18H,2-5,10-14H2,1H3,(H,19,21). The maximum absolute atomic E-state index is 12.6. The molecule has 1 aliphatic rings. The molecule has 0 aliphatic carbocycles. The van der Waals surface area contributed by atoms with Crippen molar-refractivity contribution < 1.29 is 13.2 Å². The van der Waals surface area contributed by atoms with E-state index in [2.05, 4.69) is 10.6 Å². The van der Waals surface area contributed by atoms with E-state index in [1.165, 1.54) is 0 Å². The summed E-state index contributed by atoms with van der Waals surface area (Å²) >= 11 is 0. The maximum Gasteiger partial charge on any atom is 0.243 e. The van der Waals surface area contributed by atoms with E-state index in [9.17, 15) is 13.2 Å². The molecule has 1 aromatic carbocycles. The van der Waals surface area contributed by atoms with Crippen LogP contribution in [-0.4, -0.2) is 51.9 Å². The van der Waals surface area contributed by atoms with Gasteiger partial charge in [-0.2, -0.15) is 4.31 Å². The fourth-order valence-electron chi connectivity index (χ4n) is 2.77. The lowest BCUT2D eigenvalue weighted by molar-refractivity contribution is -0.120. The van der Waals surface area contributed by atoms with E-state index in [4.69, 9.17) is 0 Å². The third kappa shape index (κ3) is 5.29. The number of hydrogen-bond donors (Lipinski definition) is 2. The molecule has 0 atom stereocenters. The summed E-state index contributed by atoms with van der Waals surface area (Å²) in [5.74, 6) is -0.0438. The van der Waals surface area contributed by atoms with Gasteiger partial charge in [0.25, 0.3) is 0 Å². The molecule has 0 radical (unpaired) electrons. The van der Waals surface area contributed by atoms with Crippen LogP contribution in [0, 0.1) is 0 Å². The largest absolute Gasteiger partial charge is 0.356 e. The Bertz CT molecular complexity index is 623. The minimum atomic E-state index is -3.40. The van der Waals surface area contributed by atoms with E-state index in [0.29, 0.717) is 24.5 Å². The third-order valence-electron chi connectivity index (χ3n) is 4.17. The van der Waals surface area contributed by atoms with Crippen molar-refractivity contribution in [3.8, 4) is 0 Å². The molecular weight excluding hydrogens is 326 g/mol. The van der Waals surface area contributed by atoms with Gasteiger partial charge in [-0.1, -0.05) is 18.6 Å². The lowest BCUT2D eigenvalue weighted by atomic mass is 10.1. The van der Waals surface area contributed by atoms with Crippen LogP contribution in [0.4, 0.5) is 0 Å². The quantitative estimate of drug-likeness (QED) is 0.687. The van der Waals surface area contributed by atoms with Crippen LogP contribution >= 0.6 is 0 Å². The smallest absolute Gasteiger partial charge is 0.243 e. The molecular formula is C17H27N3O3S. The lowest BCUT2D eigenvalue weighted by Gasteiger charge is -2.25. The highest BCUT2D eigenvalue weighted by molar-refractivity contribution is 7.89. The Labute approximate surface area is 144 Å². The van der Waals surface area contributed by atoms with Gasteiger partial charge in [-0.3, -0.25) is 4.79 Å². The maximum atomic E-state index is 12.6. The SMILES string of the molecule is CNCCCNC(=O)Cc1ccc(S(=O)(=O)N2CCCCC2)cc1. The number of carbonyl (C=O) groups excluding carboxylic acids is 1. The summed E-state index contributed by atoms with van der Waals surface area (Å²) in [5, 5.41) is 5.88. The molecule has 1 heterocycles. The second kappa shape index (κ2) is 9.15. The molecule has 1 amide bonds. The van der Waals surface area contributed by atoms with Crippen molar-refractivity contribution in [3.63, 3.8) is 0 Å². The number of nitrogens with zero attached hydrogens (tertiary/aromatic N) is 1. The van der Waals surface area contributed by atoms with Gasteiger partial charge in [0.15, 0.2) is 0 Å². The minimum absolute atomic E-state index is 0.0438. The number of piperidine rings is 1. The van der Waals surface area contributed by atoms with E-state index in [-0.39, 0.29) is 12.3 Å². The molecule has 0 saturated carbocycles. The van der Waals surface area contributed by atoms with Crippen molar-refractivity contribution in [2.75, 3.05) is 33.2 Å². The van der Waals surface area contributed by atoms with E-state index in [1.54, 1.807) is 28.6 Å². The summed E-state index contributed by atoms with van der Waals surface area (Å²) in [4.78, 5) is 12.2. The molecule has 1 saturated heterocycles. The van der Waals surface area contributed by atoms with E-state index < -0.39 is 10.0 Å². The van der Waals surface area contributed by atoms with Gasteiger partial charge in [-0.15, -0.1) is 0 Å². The molecule has 1 aliphatic heterocycles. The number of hydrogen-bond acceptors (Lipinski definition) is 4. The topological polar surface area (TPSA) is 78.5 Å². The summed E-state index contributed by atoms with van der Waals surface area (Å²) in [7, 11) is -1.53. The summed E-state index contributed by atoms with van der Waals surface area (Å²) in [5.41, 5.74) is 0.818. The van der Waals surface area contributed by atoms with Crippen molar-refractivity contribution in [3.05, 3.63) is 29.8 Å². The average molecular weight is 353 g/mol. The highest BCUT2D eigenvalue weighted by atomic mass is 32.2. The van der Waals surface area contributed by atoms with Crippen LogP contribution in [0.2, 0.25) is 0 Å². The van der Waals surface area contributed by atoms with Crippen molar-refractivity contribution in [2.24, 2.45) is 0 Å². The van der Waals surface area contributed by atoms with Crippen molar-refractivity contribution in [1.29, 1.82) is 0 Å². The molecule has 1 fully saturated rings. The highest BCUT2D eigenvalue weighted by Crippen LogP contribution is 2.20. The van der Waals surface area contributed by atoms with Gasteiger partial charge >= 0.3 is 0 Å². The van der Waals surface area contributed by atoms with Gasteiger partial charge < -0.3 is 10.6 Å². The number of amides is 1. The minimum Gasteiger partial charge on any atom is -0.356 e. The van der Waals surface area contributed by atoms with Gasteiger partial charge in [-0.05, 0) is 50.6 Å². The Morgan fingerprint density at radius 2 is 1.75 bits per heavy atom. The molecule has 0 spiro atoms. The predicted octanol–water partition coefficient (Wildman–Crippen LogP) is 1.13. The molecule has 134 valence electrons. The molecule has 24 heavy (non-hydrogen) atoms. The molecule has 2 rings (SSSR count). The fraction of sp³-hybridized carbons (Fsp3) is 0.588. The Morgan fingerprint density at radius 1 is 1.08 bits per heavy atom. The summed E-state index contributed by atoms with van der Waals surface area (Å²) < 4.78 is 26.7. The summed E-state index contributed by atoms with van der Waals surface area (Å²) in [6, 6.07) is 6.66.